The van der Waals surface area contributed by atoms with E-state index in [1.54, 1.807) is 42.5 Å². The Morgan fingerprint density at radius 2 is 1.65 bits per heavy atom. The molecular weight excluding hydrogens is 348 g/mol. The molecular formula is C20H24N2O3S. The number of aryl methyl sites for hydroxylation is 2. The number of amides is 1. The largest absolute Gasteiger partial charge is 0.349 e. The highest BCUT2D eigenvalue weighted by molar-refractivity contribution is 7.92. The van der Waals surface area contributed by atoms with Crippen molar-refractivity contribution < 1.29 is 13.2 Å². The van der Waals surface area contributed by atoms with E-state index in [0.717, 1.165) is 36.8 Å². The van der Waals surface area contributed by atoms with Gasteiger partial charge in [0, 0.05) is 11.6 Å². The van der Waals surface area contributed by atoms with Crippen LogP contribution < -0.4 is 10.0 Å². The van der Waals surface area contributed by atoms with Crippen LogP contribution in [0.25, 0.3) is 0 Å². The summed E-state index contributed by atoms with van der Waals surface area (Å²) in [7, 11) is -3.70. The number of nitrogens with one attached hydrogen (secondary N) is 2. The first-order valence-electron chi connectivity index (χ1n) is 8.86. The number of hydrogen-bond acceptors (Lipinski definition) is 3. The summed E-state index contributed by atoms with van der Waals surface area (Å²) in [5.41, 5.74) is 2.64. The Labute approximate surface area is 154 Å². The van der Waals surface area contributed by atoms with E-state index >= 15 is 0 Å². The van der Waals surface area contributed by atoms with Crippen LogP contribution in [0.1, 0.15) is 47.2 Å². The van der Waals surface area contributed by atoms with Crippen molar-refractivity contribution in [3.63, 3.8) is 0 Å². The van der Waals surface area contributed by atoms with Crippen molar-refractivity contribution in [3.05, 3.63) is 59.2 Å². The van der Waals surface area contributed by atoms with Crippen molar-refractivity contribution in [1.82, 2.24) is 5.32 Å². The number of carbonyl (C=O) groups excluding carboxylic acids is 1. The van der Waals surface area contributed by atoms with E-state index in [1.807, 2.05) is 13.8 Å². The molecule has 0 radical (unpaired) electrons. The van der Waals surface area contributed by atoms with Gasteiger partial charge in [0.2, 0.25) is 0 Å². The highest BCUT2D eigenvalue weighted by Gasteiger charge is 2.20. The van der Waals surface area contributed by atoms with Gasteiger partial charge in [-0.3, -0.25) is 9.52 Å². The van der Waals surface area contributed by atoms with Gasteiger partial charge in [0.1, 0.15) is 0 Å². The minimum Gasteiger partial charge on any atom is -0.349 e. The third-order valence-corrected chi connectivity index (χ3v) is 6.15. The molecule has 0 aliphatic heterocycles. The molecule has 6 heteroatoms. The van der Waals surface area contributed by atoms with Gasteiger partial charge in [0.25, 0.3) is 15.9 Å². The fraction of sp³-hybridized carbons (Fsp3) is 0.350. The number of sulfonamides is 1. The Bertz CT molecular complexity index is 899. The van der Waals surface area contributed by atoms with E-state index in [1.165, 1.54) is 0 Å². The first-order valence-corrected chi connectivity index (χ1v) is 10.3. The zero-order valence-electron chi connectivity index (χ0n) is 15.1. The Morgan fingerprint density at radius 1 is 1.00 bits per heavy atom. The van der Waals surface area contributed by atoms with Crippen LogP contribution in [0.3, 0.4) is 0 Å². The topological polar surface area (TPSA) is 75.3 Å². The van der Waals surface area contributed by atoms with Crippen LogP contribution in [0.4, 0.5) is 5.69 Å². The molecule has 138 valence electrons. The fourth-order valence-electron chi connectivity index (χ4n) is 3.13. The lowest BCUT2D eigenvalue weighted by Crippen LogP contribution is -2.32. The minimum atomic E-state index is -3.70. The Hall–Kier alpha value is -2.34. The number of carbonyl (C=O) groups is 1. The van der Waals surface area contributed by atoms with Crippen molar-refractivity contribution in [2.45, 2.75) is 50.5 Å². The molecule has 1 aliphatic carbocycles. The predicted molar refractivity (Wildman–Crippen MR) is 103 cm³/mol. The third kappa shape index (κ3) is 4.25. The van der Waals surface area contributed by atoms with Gasteiger partial charge in [-0.15, -0.1) is 0 Å². The van der Waals surface area contributed by atoms with E-state index in [0.29, 0.717) is 11.3 Å². The fourth-order valence-corrected chi connectivity index (χ4v) is 4.25. The summed E-state index contributed by atoms with van der Waals surface area (Å²) in [4.78, 5) is 12.6. The average Bonchev–Trinajstić information content (AvgIpc) is 3.10. The van der Waals surface area contributed by atoms with Gasteiger partial charge in [0.15, 0.2) is 0 Å². The zero-order valence-corrected chi connectivity index (χ0v) is 15.9. The van der Waals surface area contributed by atoms with E-state index in [-0.39, 0.29) is 16.8 Å². The molecule has 1 aliphatic rings. The monoisotopic (exact) mass is 372 g/mol. The predicted octanol–water partition coefficient (Wildman–Crippen LogP) is 3.78. The molecule has 0 bridgehead atoms. The number of hydrogen-bond donors (Lipinski definition) is 2. The quantitative estimate of drug-likeness (QED) is 0.839. The van der Waals surface area contributed by atoms with Gasteiger partial charge in [0.05, 0.1) is 10.6 Å². The molecule has 1 saturated carbocycles. The van der Waals surface area contributed by atoms with Crippen molar-refractivity contribution in [1.29, 1.82) is 0 Å². The number of anilines is 1. The van der Waals surface area contributed by atoms with E-state index < -0.39 is 10.0 Å². The maximum absolute atomic E-state index is 12.6. The molecule has 0 saturated heterocycles. The SMILES string of the molecule is Cc1ccc(S(=O)(=O)Nc2cc(C(=O)NC3CCCC3)ccc2C)cc1. The van der Waals surface area contributed by atoms with Crippen LogP contribution in [0.15, 0.2) is 47.4 Å². The van der Waals surface area contributed by atoms with Gasteiger partial charge < -0.3 is 5.32 Å². The highest BCUT2D eigenvalue weighted by atomic mass is 32.2. The number of rotatable bonds is 5. The lowest BCUT2D eigenvalue weighted by atomic mass is 10.1. The Kier molecular flexibility index (Phi) is 5.32. The maximum atomic E-state index is 12.6. The second-order valence-corrected chi connectivity index (χ2v) is 8.59. The van der Waals surface area contributed by atoms with Gasteiger partial charge in [-0.25, -0.2) is 8.42 Å². The summed E-state index contributed by atoms with van der Waals surface area (Å²) in [6.45, 7) is 3.71. The molecule has 2 aromatic rings. The smallest absolute Gasteiger partial charge is 0.261 e. The summed E-state index contributed by atoms with van der Waals surface area (Å²) in [5.74, 6) is -0.160. The van der Waals surface area contributed by atoms with Crippen LogP contribution in [0.5, 0.6) is 0 Å². The molecule has 0 heterocycles. The van der Waals surface area contributed by atoms with Gasteiger partial charge in [-0.2, -0.15) is 0 Å². The molecule has 1 fully saturated rings. The second-order valence-electron chi connectivity index (χ2n) is 6.90. The van der Waals surface area contributed by atoms with E-state index in [4.69, 9.17) is 0 Å². The lowest BCUT2D eigenvalue weighted by molar-refractivity contribution is 0.0938. The first-order chi connectivity index (χ1) is 12.3. The summed E-state index contributed by atoms with van der Waals surface area (Å²) >= 11 is 0. The first kappa shape index (κ1) is 18.5. The third-order valence-electron chi connectivity index (χ3n) is 4.77. The molecule has 0 spiro atoms. The summed E-state index contributed by atoms with van der Waals surface area (Å²) in [6.07, 6.45) is 4.29. The molecule has 0 unspecified atom stereocenters. The molecule has 3 rings (SSSR count). The molecule has 5 nitrogen and oxygen atoms in total. The molecule has 2 aromatic carbocycles. The van der Waals surface area contributed by atoms with Crippen molar-refractivity contribution in [2.24, 2.45) is 0 Å². The van der Waals surface area contributed by atoms with E-state index in [9.17, 15) is 13.2 Å². The average molecular weight is 372 g/mol. The second kappa shape index (κ2) is 7.50. The molecule has 26 heavy (non-hydrogen) atoms. The Morgan fingerprint density at radius 3 is 2.31 bits per heavy atom. The van der Waals surface area contributed by atoms with Crippen LogP contribution >= 0.6 is 0 Å². The Balaban J connectivity index is 1.81. The van der Waals surface area contributed by atoms with Crippen molar-refractivity contribution in [3.8, 4) is 0 Å². The van der Waals surface area contributed by atoms with Crippen LogP contribution in [0.2, 0.25) is 0 Å². The van der Waals surface area contributed by atoms with Crippen LogP contribution in [-0.4, -0.2) is 20.4 Å². The highest BCUT2D eigenvalue weighted by Crippen LogP contribution is 2.23. The lowest BCUT2D eigenvalue weighted by Gasteiger charge is -2.15. The van der Waals surface area contributed by atoms with Gasteiger partial charge >= 0.3 is 0 Å². The van der Waals surface area contributed by atoms with Gasteiger partial charge in [-0.1, -0.05) is 36.6 Å². The summed E-state index contributed by atoms with van der Waals surface area (Å²) in [5, 5.41) is 3.03. The summed E-state index contributed by atoms with van der Waals surface area (Å²) < 4.78 is 27.8. The molecule has 1 amide bonds. The maximum Gasteiger partial charge on any atom is 0.261 e. The van der Waals surface area contributed by atoms with Crippen LogP contribution in [0, 0.1) is 13.8 Å². The zero-order chi connectivity index (χ0) is 18.7. The standard InChI is InChI=1S/C20H24N2O3S/c1-14-7-11-18(12-8-14)26(24,25)22-19-13-16(10-9-15(19)2)20(23)21-17-5-3-4-6-17/h7-13,17,22H,3-6H2,1-2H3,(H,21,23). The normalized spacial score (nSPS) is 15.0. The van der Waals surface area contributed by atoms with Crippen molar-refractivity contribution in [2.75, 3.05) is 4.72 Å². The van der Waals surface area contributed by atoms with Crippen LogP contribution in [-0.2, 0) is 10.0 Å². The molecule has 2 N–H and O–H groups in total. The minimum absolute atomic E-state index is 0.160. The number of benzene rings is 2. The van der Waals surface area contributed by atoms with Gasteiger partial charge in [-0.05, 0) is 56.5 Å². The molecule has 0 aromatic heterocycles. The van der Waals surface area contributed by atoms with Crippen molar-refractivity contribution >= 4 is 21.6 Å². The summed E-state index contributed by atoms with van der Waals surface area (Å²) in [6, 6.07) is 12.0. The molecule has 0 atom stereocenters. The van der Waals surface area contributed by atoms with E-state index in [2.05, 4.69) is 10.0 Å².